The Morgan fingerprint density at radius 2 is 1.57 bits per heavy atom. The van der Waals surface area contributed by atoms with Gasteiger partial charge in [-0.2, -0.15) is 0 Å². The van der Waals surface area contributed by atoms with Gasteiger partial charge in [0.2, 0.25) is 5.91 Å². The highest BCUT2D eigenvalue weighted by molar-refractivity contribution is 6.76. The maximum Gasteiger partial charge on any atom is 0.223 e. The molecular weight excluding hydrogens is 362 g/mol. The number of hydrogen-bond acceptors (Lipinski definition) is 2. The van der Waals surface area contributed by atoms with Gasteiger partial charge in [-0.1, -0.05) is 63.2 Å². The van der Waals surface area contributed by atoms with Crippen LogP contribution in [0.1, 0.15) is 50.8 Å². The lowest BCUT2D eigenvalue weighted by Gasteiger charge is -2.27. The molecule has 0 bridgehead atoms. The lowest BCUT2D eigenvalue weighted by atomic mass is 10.1. The van der Waals surface area contributed by atoms with Crippen molar-refractivity contribution in [2.24, 2.45) is 0 Å². The highest BCUT2D eigenvalue weighted by Crippen LogP contribution is 2.25. The first kappa shape index (κ1) is 22.2. The van der Waals surface area contributed by atoms with Crippen LogP contribution in [-0.2, 0) is 11.3 Å². The van der Waals surface area contributed by atoms with Crippen LogP contribution in [0.25, 0.3) is 0 Å². The number of rotatable bonds is 9. The molecule has 0 unspecified atom stereocenters. The summed E-state index contributed by atoms with van der Waals surface area (Å²) in [7, 11) is -1.04. The molecule has 0 fully saturated rings. The summed E-state index contributed by atoms with van der Waals surface area (Å²) in [6.07, 6.45) is 0.363. The Labute approximate surface area is 172 Å². The predicted octanol–water partition coefficient (Wildman–Crippen LogP) is 4.64. The minimum absolute atomic E-state index is 0.0148. The lowest BCUT2D eigenvalue weighted by Crippen LogP contribution is -2.39. The average molecular weight is 398 g/mol. The van der Waals surface area contributed by atoms with Gasteiger partial charge in [-0.05, 0) is 53.8 Å². The number of nitrogens with one attached hydrogen (secondary N) is 1. The van der Waals surface area contributed by atoms with Crippen molar-refractivity contribution in [3.8, 4) is 5.75 Å². The van der Waals surface area contributed by atoms with Crippen molar-refractivity contribution in [3.63, 3.8) is 0 Å². The van der Waals surface area contributed by atoms with Crippen LogP contribution >= 0.6 is 0 Å². The van der Waals surface area contributed by atoms with Crippen molar-refractivity contribution in [2.45, 2.75) is 65.6 Å². The summed E-state index contributed by atoms with van der Waals surface area (Å²) in [6.45, 7) is 14.8. The molecule has 0 atom stereocenters. The summed E-state index contributed by atoms with van der Waals surface area (Å²) < 4.78 is 5.90. The van der Waals surface area contributed by atoms with Crippen molar-refractivity contribution < 1.29 is 9.53 Å². The molecule has 3 nitrogen and oxygen atoms in total. The van der Waals surface area contributed by atoms with Gasteiger partial charge in [0, 0.05) is 6.54 Å². The van der Waals surface area contributed by atoms with Crippen molar-refractivity contribution >= 4 is 19.9 Å². The summed E-state index contributed by atoms with van der Waals surface area (Å²) >= 11 is 0. The second kappa shape index (κ2) is 10.5. The Hall–Kier alpha value is -2.07. The topological polar surface area (TPSA) is 38.3 Å². The van der Waals surface area contributed by atoms with Crippen LogP contribution in [0, 0.1) is 13.8 Å². The van der Waals surface area contributed by atoms with E-state index in [1.807, 2.05) is 30.3 Å². The molecule has 0 saturated heterocycles. The van der Waals surface area contributed by atoms with Gasteiger partial charge in [0.1, 0.15) is 5.75 Å². The third-order valence-electron chi connectivity index (χ3n) is 5.27. The Kier molecular flexibility index (Phi) is 8.30. The molecule has 0 heterocycles. The molecule has 1 N–H and O–H groups in total. The van der Waals surface area contributed by atoms with Gasteiger partial charge >= 0.3 is 0 Å². The summed E-state index contributed by atoms with van der Waals surface area (Å²) in [4.78, 5) is 12.0. The fourth-order valence-corrected chi connectivity index (χ4v) is 8.22. The molecule has 0 saturated carbocycles. The number of carbonyl (C=O) groups is 1. The molecule has 0 spiro atoms. The Bertz CT molecular complexity index is 740. The first-order chi connectivity index (χ1) is 13.3. The number of aryl methyl sites for hydroxylation is 2. The number of benzene rings is 2. The van der Waals surface area contributed by atoms with Crippen LogP contribution in [0.3, 0.4) is 0 Å². The minimum Gasteiger partial charge on any atom is -0.493 e. The Morgan fingerprint density at radius 1 is 1.00 bits per heavy atom. The predicted molar refractivity (Wildman–Crippen MR) is 121 cm³/mol. The van der Waals surface area contributed by atoms with E-state index >= 15 is 0 Å². The summed E-state index contributed by atoms with van der Waals surface area (Å²) in [5, 5.41) is 4.52. The zero-order chi connectivity index (χ0) is 20.7. The molecule has 0 aliphatic carbocycles. The summed E-state index contributed by atoms with van der Waals surface area (Å²) in [6, 6.07) is 14.2. The highest BCUT2D eigenvalue weighted by atomic mass is 28.3. The minimum atomic E-state index is -1.04. The fourth-order valence-electron chi connectivity index (χ4n) is 4.13. The molecule has 0 aliphatic rings. The van der Waals surface area contributed by atoms with E-state index in [0.717, 1.165) is 22.4 Å². The number of carbonyl (C=O) groups excluding carboxylic acids is 1. The van der Waals surface area contributed by atoms with Gasteiger partial charge < -0.3 is 10.1 Å². The Balaban J connectivity index is 1.91. The van der Waals surface area contributed by atoms with E-state index in [9.17, 15) is 4.79 Å². The van der Waals surface area contributed by atoms with Crippen LogP contribution in [-0.4, -0.2) is 21.3 Å². The van der Waals surface area contributed by atoms with E-state index < -0.39 is 8.80 Å². The number of ether oxygens (including phenoxy) is 1. The molecular formula is C24H35NO2Si. The Morgan fingerprint density at radius 3 is 2.11 bits per heavy atom. The van der Waals surface area contributed by atoms with Gasteiger partial charge in [0.25, 0.3) is 0 Å². The van der Waals surface area contributed by atoms with Crippen molar-refractivity contribution in [1.82, 2.24) is 5.32 Å². The van der Waals surface area contributed by atoms with E-state index in [4.69, 9.17) is 4.74 Å². The monoisotopic (exact) mass is 397 g/mol. The quantitative estimate of drug-likeness (QED) is 0.626. The number of amides is 1. The van der Waals surface area contributed by atoms with E-state index in [-0.39, 0.29) is 5.91 Å². The zero-order valence-electron chi connectivity index (χ0n) is 18.2. The maximum atomic E-state index is 12.0. The van der Waals surface area contributed by atoms with Gasteiger partial charge in [0.15, 0.2) is 0 Å². The summed E-state index contributed by atoms with van der Waals surface area (Å²) in [5.41, 5.74) is 5.24. The first-order valence-electron chi connectivity index (χ1n) is 10.3. The summed E-state index contributed by atoms with van der Waals surface area (Å²) in [5.74, 6) is 0.885. The molecule has 0 aliphatic heterocycles. The van der Waals surface area contributed by atoms with Crippen LogP contribution in [0.5, 0.6) is 5.75 Å². The van der Waals surface area contributed by atoms with Crippen molar-refractivity contribution in [2.75, 3.05) is 6.61 Å². The highest BCUT2D eigenvalue weighted by Gasteiger charge is 2.25. The normalized spacial score (nSPS) is 11.3. The maximum absolute atomic E-state index is 12.0. The van der Waals surface area contributed by atoms with Gasteiger partial charge in [-0.3, -0.25) is 4.79 Å². The molecule has 2 aromatic carbocycles. The molecule has 2 aromatic rings. The second-order valence-electron chi connectivity index (χ2n) is 8.35. The first-order valence-corrected chi connectivity index (χ1v) is 12.2. The molecule has 2 rings (SSSR count). The van der Waals surface area contributed by atoms with Gasteiger partial charge in [-0.15, -0.1) is 0 Å². The lowest BCUT2D eigenvalue weighted by molar-refractivity contribution is -0.121. The van der Waals surface area contributed by atoms with Crippen molar-refractivity contribution in [3.05, 3.63) is 59.2 Å². The van der Waals surface area contributed by atoms with Gasteiger partial charge in [-0.25, -0.2) is 0 Å². The molecule has 28 heavy (non-hydrogen) atoms. The van der Waals surface area contributed by atoms with Crippen LogP contribution in [0.2, 0.25) is 11.1 Å². The second-order valence-corrected chi connectivity index (χ2v) is 12.6. The fraction of sp³-hybridized carbons (Fsp3) is 0.458. The van der Waals surface area contributed by atoms with Crippen LogP contribution < -0.4 is 15.2 Å². The standard InChI is InChI=1S/C24H35NO2Si/c1-17(2)28(18(3)4)24-19(5)14-22(15-20(24)6)27-13-12-23(26)25-16-21-10-8-7-9-11-21/h7-11,14-15,17-18,28H,12-13,16H2,1-6H3,(H,25,26). The average Bonchev–Trinajstić information content (AvgIpc) is 2.63. The van der Waals surface area contributed by atoms with Gasteiger partial charge in [0.05, 0.1) is 21.8 Å². The van der Waals surface area contributed by atoms with E-state index in [1.54, 1.807) is 5.19 Å². The van der Waals surface area contributed by atoms with Crippen molar-refractivity contribution in [1.29, 1.82) is 0 Å². The third kappa shape index (κ3) is 6.23. The molecule has 1 amide bonds. The molecule has 152 valence electrons. The molecule has 0 radical (unpaired) electrons. The molecule has 4 heteroatoms. The SMILES string of the molecule is Cc1cc(OCCC(=O)NCc2ccccc2)cc(C)c1[SiH](C(C)C)C(C)C. The zero-order valence-corrected chi connectivity index (χ0v) is 19.4. The number of hydrogen-bond donors (Lipinski definition) is 1. The van der Waals surface area contributed by atoms with E-state index in [1.165, 1.54) is 11.1 Å². The molecule has 0 aromatic heterocycles. The van der Waals surface area contributed by atoms with Crippen LogP contribution in [0.4, 0.5) is 0 Å². The van der Waals surface area contributed by atoms with Crippen LogP contribution in [0.15, 0.2) is 42.5 Å². The smallest absolute Gasteiger partial charge is 0.223 e. The third-order valence-corrected chi connectivity index (χ3v) is 9.72. The largest absolute Gasteiger partial charge is 0.493 e. The van der Waals surface area contributed by atoms with E-state index in [0.29, 0.717) is 19.6 Å². The van der Waals surface area contributed by atoms with E-state index in [2.05, 4.69) is 59.0 Å².